The molecular weight excluding hydrogens is 468 g/mol. The number of ether oxygens (including phenoxy) is 1. The molecule has 0 aromatic heterocycles. The van der Waals surface area contributed by atoms with Crippen LogP contribution in [0.3, 0.4) is 0 Å². The largest absolute Gasteiger partial charge is 0.478 e. The zero-order chi connectivity index (χ0) is 28.2. The number of carboxylic acids is 1. The summed E-state index contributed by atoms with van der Waals surface area (Å²) in [5.74, 6) is -0.981. The van der Waals surface area contributed by atoms with E-state index >= 15 is 0 Å². The van der Waals surface area contributed by atoms with Crippen LogP contribution in [-0.2, 0) is 9.53 Å². The Labute approximate surface area is 240 Å². The normalized spacial score (nSPS) is 10.8. The molecule has 0 unspecified atom stereocenters. The topological polar surface area (TPSA) is 46.5 Å². The summed E-state index contributed by atoms with van der Waals surface area (Å²) in [6.45, 7) is 9.55. The highest BCUT2D eigenvalue weighted by Gasteiger charge is 1.96. The van der Waals surface area contributed by atoms with Crippen molar-refractivity contribution in [3.63, 3.8) is 0 Å². The summed E-state index contributed by atoms with van der Waals surface area (Å²) < 4.78 is 5.85. The van der Waals surface area contributed by atoms with Gasteiger partial charge in [0.25, 0.3) is 0 Å². The summed E-state index contributed by atoms with van der Waals surface area (Å²) in [6.07, 6.45) is 40.9. The Bertz CT molecular complexity index is 405. The van der Waals surface area contributed by atoms with Gasteiger partial charge in [0.15, 0.2) is 0 Å². The van der Waals surface area contributed by atoms with Gasteiger partial charge in [-0.25, -0.2) is 4.79 Å². The zero-order valence-corrected chi connectivity index (χ0v) is 26.3. The second-order valence-corrected chi connectivity index (χ2v) is 11.3. The van der Waals surface area contributed by atoms with Crippen LogP contribution < -0.4 is 0 Å². The van der Waals surface area contributed by atoms with Crippen molar-refractivity contribution in [1.82, 2.24) is 0 Å². The van der Waals surface area contributed by atoms with Crippen LogP contribution in [-0.4, -0.2) is 24.3 Å². The Kier molecular flexibility index (Phi) is 39.6. The van der Waals surface area contributed by atoms with Gasteiger partial charge in [0.05, 0.1) is 0 Å². The van der Waals surface area contributed by atoms with Gasteiger partial charge in [-0.1, -0.05) is 187 Å². The number of rotatable bonds is 31. The fourth-order valence-corrected chi connectivity index (χ4v) is 4.90. The second kappa shape index (κ2) is 38.3. The quantitative estimate of drug-likeness (QED) is 0.0705. The lowest BCUT2D eigenvalue weighted by Gasteiger charge is -2.05. The first-order valence-corrected chi connectivity index (χ1v) is 17.1. The third-order valence-electron chi connectivity index (χ3n) is 7.46. The molecule has 0 spiro atoms. The predicted molar refractivity (Wildman–Crippen MR) is 169 cm³/mol. The van der Waals surface area contributed by atoms with E-state index in [9.17, 15) is 4.79 Å². The molecule has 228 valence electrons. The summed E-state index contributed by atoms with van der Waals surface area (Å²) in [7, 11) is 0. The highest BCUT2D eigenvalue weighted by atomic mass is 16.5. The molecule has 0 aliphatic carbocycles. The van der Waals surface area contributed by atoms with Crippen molar-refractivity contribution in [3.8, 4) is 0 Å². The minimum absolute atomic E-state index is 0.833. The van der Waals surface area contributed by atoms with E-state index in [1.807, 2.05) is 0 Å². The maximum absolute atomic E-state index is 9.25. The van der Waals surface area contributed by atoms with E-state index in [1.165, 1.54) is 180 Å². The molecule has 0 aromatic carbocycles. The standard InChI is InChI=1S/C32H66O.C3H4O2/c1-3-5-7-9-11-13-15-17-19-21-23-25-27-29-31-33-32-30-28-26-24-22-20-18-16-14-12-10-8-6-4-2;1-2-3(4)5/h3-32H2,1-2H3;2H,1H2,(H,4,5). The highest BCUT2D eigenvalue weighted by Crippen LogP contribution is 2.14. The summed E-state index contributed by atoms with van der Waals surface area (Å²) >= 11 is 0. The summed E-state index contributed by atoms with van der Waals surface area (Å²) in [5.41, 5.74) is 0. The van der Waals surface area contributed by atoms with Crippen LogP contribution in [0.2, 0.25) is 0 Å². The maximum atomic E-state index is 9.25. The van der Waals surface area contributed by atoms with Gasteiger partial charge in [-0.3, -0.25) is 0 Å². The van der Waals surface area contributed by atoms with Crippen molar-refractivity contribution >= 4 is 5.97 Å². The van der Waals surface area contributed by atoms with Crippen molar-refractivity contribution in [3.05, 3.63) is 12.7 Å². The van der Waals surface area contributed by atoms with Gasteiger partial charge in [-0.2, -0.15) is 0 Å². The average molecular weight is 539 g/mol. The minimum Gasteiger partial charge on any atom is -0.478 e. The maximum Gasteiger partial charge on any atom is 0.327 e. The van der Waals surface area contributed by atoms with Crippen LogP contribution in [0.15, 0.2) is 12.7 Å². The molecule has 0 atom stereocenters. The molecular formula is C35H70O3. The van der Waals surface area contributed by atoms with Crippen molar-refractivity contribution < 1.29 is 14.6 Å². The van der Waals surface area contributed by atoms with Crippen LogP contribution in [0.25, 0.3) is 0 Å². The molecule has 0 saturated carbocycles. The molecule has 38 heavy (non-hydrogen) atoms. The van der Waals surface area contributed by atoms with Gasteiger partial charge in [-0.15, -0.1) is 0 Å². The Morgan fingerprint density at radius 2 is 0.658 bits per heavy atom. The van der Waals surface area contributed by atoms with Crippen LogP contribution in [0.5, 0.6) is 0 Å². The van der Waals surface area contributed by atoms with E-state index in [0.29, 0.717) is 0 Å². The number of hydrogen-bond acceptors (Lipinski definition) is 2. The molecule has 3 nitrogen and oxygen atoms in total. The van der Waals surface area contributed by atoms with E-state index < -0.39 is 5.97 Å². The monoisotopic (exact) mass is 539 g/mol. The molecule has 0 rings (SSSR count). The molecule has 1 N–H and O–H groups in total. The van der Waals surface area contributed by atoms with Gasteiger partial charge in [0.1, 0.15) is 0 Å². The van der Waals surface area contributed by atoms with Crippen molar-refractivity contribution in [2.45, 2.75) is 194 Å². The number of hydrogen-bond donors (Lipinski definition) is 1. The van der Waals surface area contributed by atoms with Crippen molar-refractivity contribution in [2.75, 3.05) is 13.2 Å². The molecule has 0 bridgehead atoms. The van der Waals surface area contributed by atoms with Crippen LogP contribution in [0.1, 0.15) is 194 Å². The predicted octanol–water partition coefficient (Wildman–Crippen LogP) is 12.2. The van der Waals surface area contributed by atoms with E-state index in [4.69, 9.17) is 9.84 Å². The number of aliphatic carboxylic acids is 1. The molecule has 0 fully saturated rings. The van der Waals surface area contributed by atoms with Crippen molar-refractivity contribution in [2.24, 2.45) is 0 Å². The molecule has 0 aliphatic rings. The lowest BCUT2D eigenvalue weighted by Crippen LogP contribution is -1.97. The van der Waals surface area contributed by atoms with Gasteiger partial charge in [0.2, 0.25) is 0 Å². The summed E-state index contributed by atoms with van der Waals surface area (Å²) in [6, 6.07) is 0. The van der Waals surface area contributed by atoms with Gasteiger partial charge < -0.3 is 9.84 Å². The van der Waals surface area contributed by atoms with E-state index in [1.54, 1.807) is 0 Å². The Balaban J connectivity index is 0. The lowest BCUT2D eigenvalue weighted by molar-refractivity contribution is -0.131. The molecule has 3 heteroatoms. The molecule has 0 aromatic rings. The molecule has 0 amide bonds. The van der Waals surface area contributed by atoms with Gasteiger partial charge >= 0.3 is 5.97 Å². The van der Waals surface area contributed by atoms with Crippen LogP contribution in [0, 0.1) is 0 Å². The Morgan fingerprint density at radius 1 is 0.474 bits per heavy atom. The Morgan fingerprint density at radius 3 is 0.842 bits per heavy atom. The summed E-state index contributed by atoms with van der Waals surface area (Å²) in [4.78, 5) is 9.25. The van der Waals surface area contributed by atoms with Gasteiger partial charge in [0, 0.05) is 19.3 Å². The molecule has 0 saturated heterocycles. The van der Waals surface area contributed by atoms with Crippen molar-refractivity contribution in [1.29, 1.82) is 0 Å². The minimum atomic E-state index is -0.981. The Hall–Kier alpha value is -0.830. The fourth-order valence-electron chi connectivity index (χ4n) is 4.90. The van der Waals surface area contributed by atoms with E-state index in [2.05, 4.69) is 20.4 Å². The lowest BCUT2D eigenvalue weighted by atomic mass is 10.0. The van der Waals surface area contributed by atoms with E-state index in [-0.39, 0.29) is 0 Å². The molecule has 0 radical (unpaired) electrons. The first kappa shape index (κ1) is 39.3. The fraction of sp³-hybridized carbons (Fsp3) is 0.914. The first-order chi connectivity index (χ1) is 18.7. The molecule has 0 aliphatic heterocycles. The highest BCUT2D eigenvalue weighted by molar-refractivity contribution is 5.78. The zero-order valence-electron chi connectivity index (χ0n) is 26.3. The van der Waals surface area contributed by atoms with Crippen LogP contribution >= 0.6 is 0 Å². The first-order valence-electron chi connectivity index (χ1n) is 17.1. The second-order valence-electron chi connectivity index (χ2n) is 11.3. The van der Waals surface area contributed by atoms with Gasteiger partial charge in [-0.05, 0) is 12.8 Å². The number of carbonyl (C=O) groups is 1. The summed E-state index contributed by atoms with van der Waals surface area (Å²) in [5, 5.41) is 7.60. The van der Waals surface area contributed by atoms with E-state index in [0.717, 1.165) is 19.3 Å². The average Bonchev–Trinajstić information content (AvgIpc) is 2.92. The third-order valence-corrected chi connectivity index (χ3v) is 7.46. The third kappa shape index (κ3) is 42.3. The smallest absolute Gasteiger partial charge is 0.327 e. The van der Waals surface area contributed by atoms with Crippen LogP contribution in [0.4, 0.5) is 0 Å². The number of carboxylic acid groups (broad SMARTS) is 1. The number of unbranched alkanes of at least 4 members (excludes halogenated alkanes) is 26. The SMILES string of the molecule is C=CC(=O)O.CCCCCCCCCCCCCCCCOCCCCCCCCCCCCCCCC. The molecule has 0 heterocycles.